The lowest BCUT2D eigenvalue weighted by Gasteiger charge is -2.18. The van der Waals surface area contributed by atoms with Gasteiger partial charge in [-0.3, -0.25) is 0 Å². The number of fused-ring (bicyclic) bond motifs is 1. The van der Waals surface area contributed by atoms with Gasteiger partial charge in [-0.15, -0.1) is 11.3 Å². The van der Waals surface area contributed by atoms with E-state index in [0.29, 0.717) is 4.88 Å². The Hall–Kier alpha value is -1.88. The Balaban J connectivity index is 2.17. The molecule has 1 aromatic heterocycles. The first-order valence-electron chi connectivity index (χ1n) is 6.95. The molecule has 3 rings (SSSR count). The van der Waals surface area contributed by atoms with Gasteiger partial charge >= 0.3 is 5.97 Å². The molecule has 2 aromatic rings. The smallest absolute Gasteiger partial charge is 0.356 e. The molecule has 1 aliphatic heterocycles. The standard InChI is InChI=1S/C16H17NO3S/c1-4-11-17-12(15(18)19)14(21-11)10-7-5-6-9-8-16(2,3)20-13(9)10/h5-7H,4,8H2,1-3H3,(H,18,19). The third kappa shape index (κ3) is 2.42. The summed E-state index contributed by atoms with van der Waals surface area (Å²) in [7, 11) is 0. The summed E-state index contributed by atoms with van der Waals surface area (Å²) in [5.74, 6) is -0.188. The van der Waals surface area contributed by atoms with E-state index in [0.717, 1.165) is 34.7 Å². The fourth-order valence-corrected chi connectivity index (χ4v) is 3.65. The number of nitrogens with zero attached hydrogens (tertiary/aromatic N) is 1. The van der Waals surface area contributed by atoms with Crippen molar-refractivity contribution in [3.63, 3.8) is 0 Å². The number of hydrogen-bond donors (Lipinski definition) is 1. The van der Waals surface area contributed by atoms with Crippen LogP contribution in [0.3, 0.4) is 0 Å². The Morgan fingerprint density at radius 1 is 1.48 bits per heavy atom. The van der Waals surface area contributed by atoms with Crippen LogP contribution in [-0.2, 0) is 12.8 Å². The number of carboxylic acids is 1. The third-order valence-corrected chi connectivity index (χ3v) is 4.75. The zero-order valence-electron chi connectivity index (χ0n) is 12.3. The third-order valence-electron chi connectivity index (χ3n) is 3.51. The number of aryl methyl sites for hydroxylation is 1. The number of thiazole rings is 1. The highest BCUT2D eigenvalue weighted by Crippen LogP contribution is 2.44. The summed E-state index contributed by atoms with van der Waals surface area (Å²) >= 11 is 1.44. The van der Waals surface area contributed by atoms with E-state index in [4.69, 9.17) is 4.74 Å². The molecule has 1 N–H and O–H groups in total. The van der Waals surface area contributed by atoms with Crippen LogP contribution in [0.5, 0.6) is 5.75 Å². The van der Waals surface area contributed by atoms with Crippen LogP contribution >= 0.6 is 11.3 Å². The van der Waals surface area contributed by atoms with E-state index in [1.54, 1.807) is 0 Å². The number of hydrogen-bond acceptors (Lipinski definition) is 4. The summed E-state index contributed by atoms with van der Waals surface area (Å²) in [5.41, 5.74) is 1.84. The molecule has 0 saturated heterocycles. The van der Waals surface area contributed by atoms with Crippen LogP contribution in [0.2, 0.25) is 0 Å². The molecule has 0 saturated carbocycles. The fourth-order valence-electron chi connectivity index (χ4n) is 2.64. The Morgan fingerprint density at radius 2 is 2.24 bits per heavy atom. The van der Waals surface area contributed by atoms with Gasteiger partial charge in [0.15, 0.2) is 5.69 Å². The number of carbonyl (C=O) groups is 1. The fraction of sp³-hybridized carbons (Fsp3) is 0.375. The van der Waals surface area contributed by atoms with Gasteiger partial charge in [0.05, 0.1) is 9.88 Å². The average Bonchev–Trinajstić information content (AvgIpc) is 2.96. The maximum absolute atomic E-state index is 11.5. The lowest BCUT2D eigenvalue weighted by atomic mass is 10.00. The largest absolute Gasteiger partial charge is 0.487 e. The number of aromatic nitrogens is 1. The molecular weight excluding hydrogens is 286 g/mol. The topological polar surface area (TPSA) is 59.4 Å². The molecule has 2 heterocycles. The van der Waals surface area contributed by atoms with Crippen molar-refractivity contribution in [2.45, 2.75) is 39.2 Å². The molecule has 1 aliphatic rings. The van der Waals surface area contributed by atoms with E-state index in [9.17, 15) is 9.90 Å². The molecule has 110 valence electrons. The van der Waals surface area contributed by atoms with Crippen LogP contribution < -0.4 is 4.74 Å². The van der Waals surface area contributed by atoms with Crippen LogP contribution in [0, 0.1) is 0 Å². The average molecular weight is 303 g/mol. The molecule has 0 spiro atoms. The van der Waals surface area contributed by atoms with Gasteiger partial charge in [0, 0.05) is 12.0 Å². The summed E-state index contributed by atoms with van der Waals surface area (Å²) in [4.78, 5) is 16.4. The van der Waals surface area contributed by atoms with Gasteiger partial charge in [0.1, 0.15) is 11.4 Å². The molecule has 0 amide bonds. The van der Waals surface area contributed by atoms with Gasteiger partial charge in [0.25, 0.3) is 0 Å². The minimum absolute atomic E-state index is 0.124. The van der Waals surface area contributed by atoms with E-state index in [1.807, 2.05) is 39.0 Å². The molecule has 0 unspecified atom stereocenters. The Labute approximate surface area is 127 Å². The highest BCUT2D eigenvalue weighted by Gasteiger charge is 2.33. The predicted molar refractivity (Wildman–Crippen MR) is 82.3 cm³/mol. The zero-order valence-corrected chi connectivity index (χ0v) is 13.1. The number of rotatable bonds is 3. The molecular formula is C16H17NO3S. The Morgan fingerprint density at radius 3 is 2.90 bits per heavy atom. The molecule has 1 aromatic carbocycles. The minimum Gasteiger partial charge on any atom is -0.487 e. The van der Waals surface area contributed by atoms with Crippen LogP contribution in [0.4, 0.5) is 0 Å². The first-order chi connectivity index (χ1) is 9.91. The van der Waals surface area contributed by atoms with Crippen molar-refractivity contribution in [2.75, 3.05) is 0 Å². The first-order valence-corrected chi connectivity index (χ1v) is 7.77. The highest BCUT2D eigenvalue weighted by atomic mass is 32.1. The molecule has 5 heteroatoms. The summed E-state index contributed by atoms with van der Waals surface area (Å²) in [6.07, 6.45) is 1.56. The lowest BCUT2D eigenvalue weighted by Crippen LogP contribution is -2.24. The van der Waals surface area contributed by atoms with Crippen molar-refractivity contribution < 1.29 is 14.6 Å². The molecule has 0 fully saturated rings. The molecule has 0 radical (unpaired) electrons. The minimum atomic E-state index is -0.990. The van der Waals surface area contributed by atoms with Gasteiger partial charge in [-0.2, -0.15) is 0 Å². The van der Waals surface area contributed by atoms with E-state index < -0.39 is 5.97 Å². The van der Waals surface area contributed by atoms with Crippen LogP contribution in [0.1, 0.15) is 41.8 Å². The lowest BCUT2D eigenvalue weighted by molar-refractivity contribution is 0.0692. The van der Waals surface area contributed by atoms with Gasteiger partial charge in [-0.05, 0) is 31.9 Å². The second-order valence-electron chi connectivity index (χ2n) is 5.78. The normalized spacial score (nSPS) is 15.6. The molecule has 4 nitrogen and oxygen atoms in total. The molecule has 0 bridgehead atoms. The quantitative estimate of drug-likeness (QED) is 0.937. The van der Waals surface area contributed by atoms with Gasteiger partial charge < -0.3 is 9.84 Å². The zero-order chi connectivity index (χ0) is 15.2. The van der Waals surface area contributed by atoms with E-state index in [2.05, 4.69) is 4.98 Å². The summed E-state index contributed by atoms with van der Waals surface area (Å²) < 4.78 is 6.04. The molecule has 0 aliphatic carbocycles. The predicted octanol–water partition coefficient (Wildman–Crippen LogP) is 3.78. The molecule has 0 atom stereocenters. The number of ether oxygens (including phenoxy) is 1. The Bertz CT molecular complexity index is 718. The van der Waals surface area contributed by atoms with E-state index in [1.165, 1.54) is 11.3 Å². The molecule has 21 heavy (non-hydrogen) atoms. The number of benzene rings is 1. The van der Waals surface area contributed by atoms with Crippen LogP contribution in [0.25, 0.3) is 10.4 Å². The van der Waals surface area contributed by atoms with Crippen molar-refractivity contribution >= 4 is 17.3 Å². The summed E-state index contributed by atoms with van der Waals surface area (Å²) in [5, 5.41) is 10.2. The van der Waals surface area contributed by atoms with Gasteiger partial charge in [-0.1, -0.05) is 19.1 Å². The SMILES string of the molecule is CCc1nc(C(=O)O)c(-c2cccc3c2OC(C)(C)C3)s1. The van der Waals surface area contributed by atoms with Crippen molar-refractivity contribution in [3.8, 4) is 16.2 Å². The number of para-hydroxylation sites is 1. The van der Waals surface area contributed by atoms with Crippen LogP contribution in [-0.4, -0.2) is 21.7 Å². The number of carboxylic acid groups (broad SMARTS) is 1. The Kier molecular flexibility index (Phi) is 3.24. The van der Waals surface area contributed by atoms with E-state index in [-0.39, 0.29) is 11.3 Å². The van der Waals surface area contributed by atoms with Crippen molar-refractivity contribution in [1.82, 2.24) is 4.98 Å². The monoisotopic (exact) mass is 303 g/mol. The van der Waals surface area contributed by atoms with Crippen molar-refractivity contribution in [3.05, 3.63) is 34.5 Å². The summed E-state index contributed by atoms with van der Waals surface area (Å²) in [6, 6.07) is 5.91. The van der Waals surface area contributed by atoms with Crippen LogP contribution in [0.15, 0.2) is 18.2 Å². The highest BCUT2D eigenvalue weighted by molar-refractivity contribution is 7.15. The summed E-state index contributed by atoms with van der Waals surface area (Å²) in [6.45, 7) is 6.06. The van der Waals surface area contributed by atoms with Crippen molar-refractivity contribution in [1.29, 1.82) is 0 Å². The van der Waals surface area contributed by atoms with Gasteiger partial charge in [0.2, 0.25) is 0 Å². The second-order valence-corrected chi connectivity index (χ2v) is 6.86. The van der Waals surface area contributed by atoms with Gasteiger partial charge in [-0.25, -0.2) is 9.78 Å². The maximum atomic E-state index is 11.5. The maximum Gasteiger partial charge on any atom is 0.356 e. The van der Waals surface area contributed by atoms with E-state index >= 15 is 0 Å². The second kappa shape index (κ2) is 4.84. The number of aromatic carboxylic acids is 1. The van der Waals surface area contributed by atoms with Crippen molar-refractivity contribution in [2.24, 2.45) is 0 Å². The first kappa shape index (κ1) is 14.1.